The first-order chi connectivity index (χ1) is 6.33. The summed E-state index contributed by atoms with van der Waals surface area (Å²) in [6.07, 6.45) is 3.59. The van der Waals surface area contributed by atoms with Gasteiger partial charge in [-0.1, -0.05) is 0 Å². The third-order valence-corrected chi connectivity index (χ3v) is 1.14. The summed E-state index contributed by atoms with van der Waals surface area (Å²) in [5.41, 5.74) is 0. The van der Waals surface area contributed by atoms with Crippen LogP contribution in [-0.4, -0.2) is 28.8 Å². The molecule has 1 heterocycles. The van der Waals surface area contributed by atoms with Crippen LogP contribution in [0, 0.1) is 0 Å². The normalized spacial score (nSPS) is 8.92. The molecule has 0 radical (unpaired) electrons. The predicted molar refractivity (Wildman–Crippen MR) is 45.1 cm³/mol. The van der Waals surface area contributed by atoms with Crippen molar-refractivity contribution in [3.05, 3.63) is 18.5 Å². The molecule has 2 amide bonds. The molecular formula is C7H8N4O2. The van der Waals surface area contributed by atoms with Crippen LogP contribution < -0.4 is 10.6 Å². The van der Waals surface area contributed by atoms with Gasteiger partial charge in [0.05, 0.1) is 6.54 Å². The van der Waals surface area contributed by atoms with Crippen molar-refractivity contribution in [3.8, 4) is 0 Å². The zero-order valence-corrected chi connectivity index (χ0v) is 6.73. The number of hydrogen-bond donors (Lipinski definition) is 2. The molecule has 0 aliphatic heterocycles. The van der Waals surface area contributed by atoms with Gasteiger partial charge in [0.2, 0.25) is 5.95 Å². The molecule has 0 fully saturated rings. The van der Waals surface area contributed by atoms with Crippen LogP contribution in [0.1, 0.15) is 0 Å². The molecule has 0 aliphatic carbocycles. The Kier molecular flexibility index (Phi) is 3.37. The van der Waals surface area contributed by atoms with Crippen molar-refractivity contribution in [1.29, 1.82) is 0 Å². The number of aromatic nitrogens is 2. The van der Waals surface area contributed by atoms with E-state index in [4.69, 9.17) is 0 Å². The van der Waals surface area contributed by atoms with Crippen LogP contribution in [0.4, 0.5) is 10.7 Å². The minimum atomic E-state index is -0.502. The molecular weight excluding hydrogens is 172 g/mol. The maximum Gasteiger partial charge on any atom is 0.321 e. The molecule has 0 atom stereocenters. The first-order valence-corrected chi connectivity index (χ1v) is 3.58. The fourth-order valence-corrected chi connectivity index (χ4v) is 0.644. The van der Waals surface area contributed by atoms with E-state index in [0.717, 1.165) is 0 Å². The number of carbonyl (C=O) groups excluding carboxylic acids is 2. The van der Waals surface area contributed by atoms with Crippen molar-refractivity contribution in [2.75, 3.05) is 11.9 Å². The Bertz CT molecular complexity index is 288. The topological polar surface area (TPSA) is 84.0 Å². The molecule has 0 saturated carbocycles. The van der Waals surface area contributed by atoms with Crippen LogP contribution in [0.2, 0.25) is 0 Å². The van der Waals surface area contributed by atoms with E-state index in [1.807, 2.05) is 0 Å². The summed E-state index contributed by atoms with van der Waals surface area (Å²) >= 11 is 0. The number of amides is 2. The lowest BCUT2D eigenvalue weighted by Gasteiger charge is -2.01. The van der Waals surface area contributed by atoms with Crippen molar-refractivity contribution < 1.29 is 9.59 Å². The number of rotatable bonds is 3. The van der Waals surface area contributed by atoms with Gasteiger partial charge < -0.3 is 10.1 Å². The van der Waals surface area contributed by atoms with Crippen molar-refractivity contribution in [2.45, 2.75) is 0 Å². The highest BCUT2D eigenvalue weighted by atomic mass is 16.2. The lowest BCUT2D eigenvalue weighted by Crippen LogP contribution is -2.30. The van der Waals surface area contributed by atoms with E-state index in [9.17, 15) is 9.59 Å². The Balaban J connectivity index is 2.41. The van der Waals surface area contributed by atoms with Gasteiger partial charge in [-0.25, -0.2) is 14.8 Å². The lowest BCUT2D eigenvalue weighted by atomic mass is 10.6. The number of urea groups is 1. The molecule has 68 valence electrons. The van der Waals surface area contributed by atoms with E-state index in [2.05, 4.69) is 20.6 Å². The Morgan fingerprint density at radius 2 is 2.15 bits per heavy atom. The SMILES string of the molecule is O=CCNC(=O)Nc1ncccn1. The Morgan fingerprint density at radius 3 is 2.77 bits per heavy atom. The first-order valence-electron chi connectivity index (χ1n) is 3.58. The van der Waals surface area contributed by atoms with Crippen LogP contribution in [0.3, 0.4) is 0 Å². The molecule has 6 heteroatoms. The highest BCUT2D eigenvalue weighted by Gasteiger charge is 2.00. The molecule has 13 heavy (non-hydrogen) atoms. The second kappa shape index (κ2) is 4.81. The third-order valence-electron chi connectivity index (χ3n) is 1.14. The minimum absolute atomic E-state index is 0.0291. The molecule has 2 N–H and O–H groups in total. The van der Waals surface area contributed by atoms with Crippen LogP contribution in [0.15, 0.2) is 18.5 Å². The van der Waals surface area contributed by atoms with Gasteiger partial charge in [-0.05, 0) is 6.07 Å². The monoisotopic (exact) mass is 180 g/mol. The van der Waals surface area contributed by atoms with Gasteiger partial charge in [0.1, 0.15) is 6.29 Å². The Morgan fingerprint density at radius 1 is 1.46 bits per heavy atom. The molecule has 1 rings (SSSR count). The maximum absolute atomic E-state index is 10.9. The Labute approximate surface area is 74.4 Å². The highest BCUT2D eigenvalue weighted by Crippen LogP contribution is 1.92. The predicted octanol–water partition coefficient (Wildman–Crippen LogP) is -0.203. The quantitative estimate of drug-likeness (QED) is 0.631. The largest absolute Gasteiger partial charge is 0.331 e. The number of nitrogens with zero attached hydrogens (tertiary/aromatic N) is 2. The van der Waals surface area contributed by atoms with Crippen molar-refractivity contribution in [1.82, 2.24) is 15.3 Å². The van der Waals surface area contributed by atoms with Crippen LogP contribution in [0.5, 0.6) is 0 Å². The summed E-state index contributed by atoms with van der Waals surface area (Å²) in [6, 6.07) is 1.13. The molecule has 0 aromatic carbocycles. The molecule has 0 saturated heterocycles. The van der Waals surface area contributed by atoms with Gasteiger partial charge >= 0.3 is 6.03 Å². The van der Waals surface area contributed by atoms with E-state index in [0.29, 0.717) is 6.29 Å². The number of aldehydes is 1. The standard InChI is InChI=1S/C7H8N4O2/c12-5-4-10-7(13)11-6-8-2-1-3-9-6/h1-3,5H,4H2,(H2,8,9,10,11,13). The molecule has 6 nitrogen and oxygen atoms in total. The molecule has 1 aromatic heterocycles. The molecule has 0 bridgehead atoms. The maximum atomic E-state index is 10.9. The fourth-order valence-electron chi connectivity index (χ4n) is 0.644. The number of anilines is 1. The van der Waals surface area contributed by atoms with E-state index >= 15 is 0 Å². The van der Waals surface area contributed by atoms with Gasteiger partial charge in [-0.2, -0.15) is 0 Å². The molecule has 0 aliphatic rings. The number of nitrogens with one attached hydrogen (secondary N) is 2. The summed E-state index contributed by atoms with van der Waals surface area (Å²) in [5, 5.41) is 4.63. The van der Waals surface area contributed by atoms with Crippen molar-refractivity contribution in [2.24, 2.45) is 0 Å². The number of carbonyl (C=O) groups is 2. The number of hydrogen-bond acceptors (Lipinski definition) is 4. The highest BCUT2D eigenvalue weighted by molar-refractivity contribution is 5.88. The summed E-state index contributed by atoms with van der Waals surface area (Å²) in [4.78, 5) is 28.3. The van der Waals surface area contributed by atoms with Crippen molar-refractivity contribution in [3.63, 3.8) is 0 Å². The van der Waals surface area contributed by atoms with Gasteiger partial charge in [0, 0.05) is 12.4 Å². The van der Waals surface area contributed by atoms with E-state index in [1.54, 1.807) is 6.07 Å². The molecule has 0 unspecified atom stereocenters. The van der Waals surface area contributed by atoms with Crippen molar-refractivity contribution >= 4 is 18.3 Å². The van der Waals surface area contributed by atoms with Gasteiger partial charge in [0.25, 0.3) is 0 Å². The van der Waals surface area contributed by atoms with Gasteiger partial charge in [-0.3, -0.25) is 5.32 Å². The zero-order valence-electron chi connectivity index (χ0n) is 6.73. The minimum Gasteiger partial charge on any atom is -0.331 e. The average Bonchev–Trinajstić information content (AvgIpc) is 2.16. The summed E-state index contributed by atoms with van der Waals surface area (Å²) < 4.78 is 0. The van der Waals surface area contributed by atoms with Crippen LogP contribution >= 0.6 is 0 Å². The average molecular weight is 180 g/mol. The van der Waals surface area contributed by atoms with Gasteiger partial charge in [0.15, 0.2) is 0 Å². The molecule has 0 spiro atoms. The first kappa shape index (κ1) is 9.11. The Hall–Kier alpha value is -1.98. The van der Waals surface area contributed by atoms with Crippen LogP contribution in [-0.2, 0) is 4.79 Å². The van der Waals surface area contributed by atoms with E-state index in [-0.39, 0.29) is 12.5 Å². The van der Waals surface area contributed by atoms with Crippen LogP contribution in [0.25, 0.3) is 0 Å². The zero-order chi connectivity index (χ0) is 9.52. The van der Waals surface area contributed by atoms with E-state index in [1.165, 1.54) is 12.4 Å². The lowest BCUT2D eigenvalue weighted by molar-refractivity contribution is -0.107. The summed E-state index contributed by atoms with van der Waals surface area (Å²) in [5.74, 6) is 0.200. The van der Waals surface area contributed by atoms with E-state index < -0.39 is 6.03 Å². The molecule has 1 aromatic rings. The second-order valence-corrected chi connectivity index (χ2v) is 2.07. The fraction of sp³-hybridized carbons (Fsp3) is 0.143. The summed E-state index contributed by atoms with van der Waals surface area (Å²) in [7, 11) is 0. The van der Waals surface area contributed by atoms with Gasteiger partial charge in [-0.15, -0.1) is 0 Å². The smallest absolute Gasteiger partial charge is 0.321 e. The second-order valence-electron chi connectivity index (χ2n) is 2.07. The third kappa shape index (κ3) is 3.28. The summed E-state index contributed by atoms with van der Waals surface area (Å²) in [6.45, 7) is -0.0291.